The van der Waals surface area contributed by atoms with E-state index in [4.69, 9.17) is 4.74 Å². The molecule has 2 aromatic rings. The van der Waals surface area contributed by atoms with Gasteiger partial charge in [0.2, 0.25) is 5.78 Å². The average Bonchev–Trinajstić information content (AvgIpc) is 3.24. The number of esters is 1. The van der Waals surface area contributed by atoms with Crippen molar-refractivity contribution in [2.24, 2.45) is 0 Å². The summed E-state index contributed by atoms with van der Waals surface area (Å²) in [5, 5.41) is 12.6. The van der Waals surface area contributed by atoms with Crippen molar-refractivity contribution in [1.82, 2.24) is 9.88 Å². The van der Waals surface area contributed by atoms with E-state index in [-0.39, 0.29) is 18.1 Å². The van der Waals surface area contributed by atoms with E-state index in [2.05, 4.69) is 10.3 Å². The van der Waals surface area contributed by atoms with Crippen LogP contribution < -0.4 is 5.32 Å². The highest BCUT2D eigenvalue weighted by Gasteiger charge is 2.54. The Bertz CT molecular complexity index is 1100. The van der Waals surface area contributed by atoms with Crippen LogP contribution in [0.2, 0.25) is 0 Å². The van der Waals surface area contributed by atoms with Gasteiger partial charge in [0.1, 0.15) is 23.7 Å². The summed E-state index contributed by atoms with van der Waals surface area (Å²) in [7, 11) is 0. The van der Waals surface area contributed by atoms with Crippen molar-refractivity contribution in [3.8, 4) is 0 Å². The summed E-state index contributed by atoms with van der Waals surface area (Å²) in [5.41, 5.74) is 0.774. The third kappa shape index (κ3) is 4.06. The van der Waals surface area contributed by atoms with E-state index in [1.165, 1.54) is 29.8 Å². The van der Waals surface area contributed by atoms with Gasteiger partial charge in [-0.25, -0.2) is 9.78 Å². The van der Waals surface area contributed by atoms with Gasteiger partial charge in [-0.3, -0.25) is 19.3 Å². The van der Waals surface area contributed by atoms with Crippen LogP contribution in [0.3, 0.4) is 0 Å². The molecule has 2 aliphatic rings. The smallest absolute Gasteiger partial charge is 0.352 e. The molecule has 1 aromatic heterocycles. The number of fused-ring (bicyclic) bond motifs is 1. The molecule has 1 amide bonds. The van der Waals surface area contributed by atoms with Gasteiger partial charge in [0.05, 0.1) is 11.1 Å². The Hall–Kier alpha value is -3.18. The van der Waals surface area contributed by atoms with Crippen LogP contribution in [0.1, 0.15) is 22.2 Å². The third-order valence-corrected chi connectivity index (χ3v) is 7.01. The molecule has 11 heteroatoms. The van der Waals surface area contributed by atoms with Gasteiger partial charge in [0.15, 0.2) is 5.13 Å². The molecule has 0 radical (unpaired) electrons. The van der Waals surface area contributed by atoms with Crippen molar-refractivity contribution < 1.29 is 29.0 Å². The van der Waals surface area contributed by atoms with Gasteiger partial charge in [-0.05, 0) is 0 Å². The number of thiazole rings is 1. The molecule has 4 rings (SSSR count). The zero-order valence-electron chi connectivity index (χ0n) is 16.2. The van der Waals surface area contributed by atoms with Crippen molar-refractivity contribution >= 4 is 51.9 Å². The van der Waals surface area contributed by atoms with Crippen molar-refractivity contribution in [1.29, 1.82) is 0 Å². The number of aromatic nitrogens is 1. The Labute approximate surface area is 185 Å². The fourth-order valence-corrected chi connectivity index (χ4v) is 5.44. The molecular weight excluding hydrogens is 442 g/mol. The van der Waals surface area contributed by atoms with Gasteiger partial charge >= 0.3 is 11.9 Å². The summed E-state index contributed by atoms with van der Waals surface area (Å²) in [6.45, 7) is 1.06. The molecule has 0 spiro atoms. The second-order valence-corrected chi connectivity index (χ2v) is 8.93. The molecule has 0 aliphatic carbocycles. The molecular formula is C20H17N3O6S2. The summed E-state index contributed by atoms with van der Waals surface area (Å²) >= 11 is 2.51. The van der Waals surface area contributed by atoms with E-state index in [0.29, 0.717) is 26.9 Å². The molecule has 0 saturated carbocycles. The van der Waals surface area contributed by atoms with Crippen molar-refractivity contribution in [3.05, 3.63) is 58.2 Å². The quantitative estimate of drug-likeness (QED) is 0.363. The van der Waals surface area contributed by atoms with E-state index < -0.39 is 29.3 Å². The minimum atomic E-state index is -1.25. The normalized spacial score (nSPS) is 20.0. The van der Waals surface area contributed by atoms with Gasteiger partial charge in [-0.1, -0.05) is 41.7 Å². The first-order chi connectivity index (χ1) is 14.9. The molecule has 1 aromatic carbocycles. The summed E-state index contributed by atoms with van der Waals surface area (Å²) < 4.78 is 4.92. The molecule has 0 unspecified atom stereocenters. The highest BCUT2D eigenvalue weighted by atomic mass is 32.2. The van der Waals surface area contributed by atoms with Crippen LogP contribution in [0.4, 0.5) is 5.13 Å². The number of carbonyl (C=O) groups excluding carboxylic acids is 3. The number of hydrogen-bond acceptors (Lipinski definition) is 9. The van der Waals surface area contributed by atoms with Crippen molar-refractivity contribution in [3.63, 3.8) is 0 Å². The summed E-state index contributed by atoms with van der Waals surface area (Å²) in [4.78, 5) is 53.9. The van der Waals surface area contributed by atoms with Crippen LogP contribution in [-0.2, 0) is 19.1 Å². The van der Waals surface area contributed by atoms with E-state index in [9.17, 15) is 24.3 Å². The maximum absolute atomic E-state index is 12.7. The number of hydrogen-bond donors (Lipinski definition) is 2. The van der Waals surface area contributed by atoms with Crippen LogP contribution in [0.15, 0.2) is 47.8 Å². The summed E-state index contributed by atoms with van der Waals surface area (Å²) in [5.74, 6) is -2.03. The Kier molecular flexibility index (Phi) is 5.79. The zero-order valence-corrected chi connectivity index (χ0v) is 17.9. The average molecular weight is 460 g/mol. The Balaban J connectivity index is 1.48. The standard InChI is InChI=1S/C20H17N3O6S2/c1-10(24)29-8-12-9-30-18-14(17(26)23(18)15(12)19(27)28)22-20-21-7-13(31-20)16(25)11-5-3-2-4-6-11/h2-7,14,18H,8-9H2,1H3,(H,21,22)(H,27,28)/t14-,18-/m0/s1. The monoisotopic (exact) mass is 459 g/mol. The number of nitrogens with one attached hydrogen (secondary N) is 1. The number of benzene rings is 1. The Morgan fingerprint density at radius 3 is 2.71 bits per heavy atom. The number of carbonyl (C=O) groups is 4. The zero-order chi connectivity index (χ0) is 22.1. The Morgan fingerprint density at radius 1 is 1.29 bits per heavy atom. The SMILES string of the molecule is CC(=O)OCC1=C(C(=O)O)N2C(=O)[C@H](Nc3ncc(C(=O)c4ccccc4)s3)[C@@H]2SC1. The molecule has 9 nitrogen and oxygen atoms in total. The van der Waals surface area contributed by atoms with Gasteiger partial charge in [0.25, 0.3) is 5.91 Å². The Morgan fingerprint density at radius 2 is 2.03 bits per heavy atom. The number of aliphatic carboxylic acids is 1. The first-order valence-electron chi connectivity index (χ1n) is 9.22. The lowest BCUT2D eigenvalue weighted by Crippen LogP contribution is -2.67. The molecule has 160 valence electrons. The first kappa shape index (κ1) is 21.1. The molecule has 1 saturated heterocycles. The number of anilines is 1. The second-order valence-electron chi connectivity index (χ2n) is 6.79. The second kappa shape index (κ2) is 8.52. The lowest BCUT2D eigenvalue weighted by Gasteiger charge is -2.49. The topological polar surface area (TPSA) is 126 Å². The molecule has 1 fully saturated rings. The fourth-order valence-electron chi connectivity index (χ4n) is 3.29. The molecule has 31 heavy (non-hydrogen) atoms. The van der Waals surface area contributed by atoms with Crippen LogP contribution in [0.25, 0.3) is 0 Å². The fraction of sp³-hybridized carbons (Fsp3) is 0.250. The summed E-state index contributed by atoms with van der Waals surface area (Å²) in [6.07, 6.45) is 1.46. The molecule has 0 bridgehead atoms. The maximum Gasteiger partial charge on any atom is 0.352 e. The maximum atomic E-state index is 12.7. The summed E-state index contributed by atoms with van der Waals surface area (Å²) in [6, 6.07) is 8.14. The van der Waals surface area contributed by atoms with Crippen molar-refractivity contribution in [2.45, 2.75) is 18.3 Å². The minimum Gasteiger partial charge on any atom is -0.477 e. The number of β-lactam (4-membered cyclic amide) rings is 1. The van der Waals surface area contributed by atoms with E-state index >= 15 is 0 Å². The van der Waals surface area contributed by atoms with Gasteiger partial charge in [-0.15, -0.1) is 11.8 Å². The minimum absolute atomic E-state index is 0.146. The molecule has 2 N–H and O–H groups in total. The highest BCUT2D eigenvalue weighted by Crippen LogP contribution is 2.41. The van der Waals surface area contributed by atoms with Crippen LogP contribution in [-0.4, -0.2) is 62.4 Å². The van der Waals surface area contributed by atoms with Gasteiger partial charge in [0, 0.05) is 23.8 Å². The number of carboxylic acids is 1. The molecule has 2 aliphatic heterocycles. The number of rotatable bonds is 7. The molecule has 3 heterocycles. The van der Waals surface area contributed by atoms with Crippen LogP contribution >= 0.6 is 23.1 Å². The van der Waals surface area contributed by atoms with Gasteiger partial charge < -0.3 is 15.2 Å². The lowest BCUT2D eigenvalue weighted by atomic mass is 10.0. The first-order valence-corrected chi connectivity index (χ1v) is 11.1. The predicted octanol–water partition coefficient (Wildman–Crippen LogP) is 1.97. The number of amides is 1. The number of ether oxygens (including phenoxy) is 1. The number of thioether (sulfide) groups is 1. The van der Waals surface area contributed by atoms with E-state index in [1.54, 1.807) is 24.3 Å². The molecule has 2 atom stereocenters. The van der Waals surface area contributed by atoms with E-state index in [0.717, 1.165) is 11.3 Å². The third-order valence-electron chi connectivity index (χ3n) is 4.74. The van der Waals surface area contributed by atoms with Crippen molar-refractivity contribution in [2.75, 3.05) is 17.7 Å². The highest BCUT2D eigenvalue weighted by molar-refractivity contribution is 8.00. The predicted molar refractivity (Wildman–Crippen MR) is 114 cm³/mol. The van der Waals surface area contributed by atoms with E-state index in [1.807, 2.05) is 6.07 Å². The van der Waals surface area contributed by atoms with Crippen LogP contribution in [0, 0.1) is 0 Å². The number of carboxylic acid groups (broad SMARTS) is 1. The number of ketones is 1. The largest absolute Gasteiger partial charge is 0.477 e. The van der Waals surface area contributed by atoms with Gasteiger partial charge in [-0.2, -0.15) is 0 Å². The lowest BCUT2D eigenvalue weighted by molar-refractivity contribution is -0.147. The number of nitrogens with zero attached hydrogens (tertiary/aromatic N) is 2. The van der Waals surface area contributed by atoms with Crippen LogP contribution in [0.5, 0.6) is 0 Å².